The van der Waals surface area contributed by atoms with Crippen molar-refractivity contribution in [1.29, 1.82) is 0 Å². The molecule has 162 valence electrons. The number of carbonyl (C=O) groups excluding carboxylic acids is 1. The average molecular weight is 438 g/mol. The molecule has 0 spiro atoms. The quantitative estimate of drug-likeness (QED) is 0.496. The van der Waals surface area contributed by atoms with Gasteiger partial charge >= 0.3 is 6.03 Å². The molecule has 4 rings (SSSR count). The van der Waals surface area contributed by atoms with Crippen LogP contribution < -0.4 is 5.32 Å². The highest BCUT2D eigenvalue weighted by Crippen LogP contribution is 2.26. The van der Waals surface area contributed by atoms with Crippen LogP contribution in [0.1, 0.15) is 35.1 Å². The van der Waals surface area contributed by atoms with E-state index in [9.17, 15) is 4.79 Å². The molecule has 3 aromatic rings. The Morgan fingerprint density at radius 3 is 2.58 bits per heavy atom. The molecule has 1 aliphatic heterocycles. The molecule has 6 heteroatoms. The lowest BCUT2D eigenvalue weighted by Gasteiger charge is -2.27. The summed E-state index contributed by atoms with van der Waals surface area (Å²) in [5.41, 5.74) is 5.71. The Labute approximate surface area is 188 Å². The molecule has 2 amide bonds. The SMILES string of the molecule is Cc1cccc(C)c1NC(=O)N(Cc1cc2cccc(C)c2nc1Cl)CC1CCCO1. The van der Waals surface area contributed by atoms with E-state index in [4.69, 9.17) is 16.3 Å². The first-order chi connectivity index (χ1) is 14.9. The highest BCUT2D eigenvalue weighted by molar-refractivity contribution is 6.30. The maximum atomic E-state index is 13.3. The topological polar surface area (TPSA) is 54.5 Å². The van der Waals surface area contributed by atoms with Crippen LogP contribution in [0, 0.1) is 20.8 Å². The number of fused-ring (bicyclic) bond motifs is 1. The van der Waals surface area contributed by atoms with Gasteiger partial charge in [-0.25, -0.2) is 9.78 Å². The van der Waals surface area contributed by atoms with Crippen LogP contribution in [0.15, 0.2) is 42.5 Å². The summed E-state index contributed by atoms with van der Waals surface area (Å²) in [6.07, 6.45) is 2.02. The van der Waals surface area contributed by atoms with E-state index < -0.39 is 0 Å². The van der Waals surface area contributed by atoms with Crippen LogP contribution in [0.3, 0.4) is 0 Å². The number of aromatic nitrogens is 1. The smallest absolute Gasteiger partial charge is 0.322 e. The molecule has 1 fully saturated rings. The first-order valence-corrected chi connectivity index (χ1v) is 11.1. The van der Waals surface area contributed by atoms with E-state index >= 15 is 0 Å². The Bertz CT molecular complexity index is 1090. The number of urea groups is 1. The number of nitrogens with zero attached hydrogens (tertiary/aromatic N) is 2. The summed E-state index contributed by atoms with van der Waals surface area (Å²) < 4.78 is 5.81. The fourth-order valence-electron chi connectivity index (χ4n) is 4.14. The number of anilines is 1. The second-order valence-electron chi connectivity index (χ2n) is 8.30. The molecule has 2 heterocycles. The van der Waals surface area contributed by atoms with Crippen molar-refractivity contribution < 1.29 is 9.53 Å². The van der Waals surface area contributed by atoms with Gasteiger partial charge < -0.3 is 15.0 Å². The largest absolute Gasteiger partial charge is 0.376 e. The number of rotatable bonds is 5. The molecule has 5 nitrogen and oxygen atoms in total. The van der Waals surface area contributed by atoms with Gasteiger partial charge in [0.25, 0.3) is 0 Å². The van der Waals surface area contributed by atoms with Gasteiger partial charge in [0, 0.05) is 29.8 Å². The maximum absolute atomic E-state index is 13.3. The van der Waals surface area contributed by atoms with Gasteiger partial charge in [-0.2, -0.15) is 0 Å². The zero-order valence-corrected chi connectivity index (χ0v) is 19.0. The van der Waals surface area contributed by atoms with E-state index in [0.29, 0.717) is 18.2 Å². The van der Waals surface area contributed by atoms with Crippen molar-refractivity contribution in [3.05, 3.63) is 69.9 Å². The Balaban J connectivity index is 1.62. The highest BCUT2D eigenvalue weighted by atomic mass is 35.5. The van der Waals surface area contributed by atoms with Crippen molar-refractivity contribution in [2.24, 2.45) is 0 Å². The zero-order valence-electron chi connectivity index (χ0n) is 18.2. The molecule has 0 bridgehead atoms. The van der Waals surface area contributed by atoms with Crippen molar-refractivity contribution in [2.75, 3.05) is 18.5 Å². The molecule has 31 heavy (non-hydrogen) atoms. The van der Waals surface area contributed by atoms with E-state index in [2.05, 4.69) is 10.3 Å². The molecule has 1 atom stereocenters. The predicted molar refractivity (Wildman–Crippen MR) is 126 cm³/mol. The molecule has 1 N–H and O–H groups in total. The molecule has 0 radical (unpaired) electrons. The monoisotopic (exact) mass is 437 g/mol. The standard InChI is InChI=1S/C25H28ClN3O2/c1-16-7-4-8-17(2)22(16)28-25(30)29(15-21-11-6-12-31-21)14-20-13-19-10-5-9-18(3)23(19)27-24(20)26/h4-5,7-10,13,21H,6,11-12,14-15H2,1-3H3,(H,28,30). The lowest BCUT2D eigenvalue weighted by atomic mass is 10.1. The van der Waals surface area contributed by atoms with Gasteiger partial charge in [0.2, 0.25) is 0 Å². The van der Waals surface area contributed by atoms with Gasteiger partial charge in [0.05, 0.1) is 18.2 Å². The van der Waals surface area contributed by atoms with Crippen molar-refractivity contribution in [3.8, 4) is 0 Å². The van der Waals surface area contributed by atoms with E-state index in [1.807, 2.05) is 63.2 Å². The number of halogens is 1. The van der Waals surface area contributed by atoms with E-state index in [1.54, 1.807) is 4.90 Å². The lowest BCUT2D eigenvalue weighted by molar-refractivity contribution is 0.0819. The fourth-order valence-corrected chi connectivity index (χ4v) is 4.33. The van der Waals surface area contributed by atoms with Crippen LogP contribution >= 0.6 is 11.6 Å². The van der Waals surface area contributed by atoms with Crippen LogP contribution in [0.2, 0.25) is 5.15 Å². The van der Waals surface area contributed by atoms with Gasteiger partial charge in [-0.3, -0.25) is 0 Å². The average Bonchev–Trinajstić information content (AvgIpc) is 3.25. The summed E-state index contributed by atoms with van der Waals surface area (Å²) in [5.74, 6) is 0. The van der Waals surface area contributed by atoms with Crippen molar-refractivity contribution in [3.63, 3.8) is 0 Å². The third-order valence-corrected chi connectivity index (χ3v) is 6.21. The van der Waals surface area contributed by atoms with Gasteiger partial charge in [-0.05, 0) is 56.4 Å². The molecule has 1 unspecified atom stereocenters. The lowest BCUT2D eigenvalue weighted by Crippen LogP contribution is -2.40. The van der Waals surface area contributed by atoms with Gasteiger partial charge in [-0.15, -0.1) is 0 Å². The number of aryl methyl sites for hydroxylation is 3. The van der Waals surface area contributed by atoms with Crippen LogP contribution in [-0.4, -0.2) is 35.2 Å². The van der Waals surface area contributed by atoms with E-state index in [-0.39, 0.29) is 12.1 Å². The molecule has 0 aliphatic carbocycles. The first-order valence-electron chi connectivity index (χ1n) is 10.7. The zero-order chi connectivity index (χ0) is 22.0. The number of hydrogen-bond acceptors (Lipinski definition) is 3. The summed E-state index contributed by atoms with van der Waals surface area (Å²) in [7, 11) is 0. The number of para-hydroxylation sites is 2. The van der Waals surface area contributed by atoms with E-state index in [1.165, 1.54) is 0 Å². The highest BCUT2D eigenvalue weighted by Gasteiger charge is 2.24. The molecule has 1 aromatic heterocycles. The Hall–Kier alpha value is -2.63. The Morgan fingerprint density at radius 2 is 1.87 bits per heavy atom. The van der Waals surface area contributed by atoms with Crippen LogP contribution in [0.5, 0.6) is 0 Å². The molecule has 1 aliphatic rings. The number of carbonyl (C=O) groups is 1. The molecule has 2 aromatic carbocycles. The second-order valence-corrected chi connectivity index (χ2v) is 8.66. The maximum Gasteiger partial charge on any atom is 0.322 e. The Morgan fingerprint density at radius 1 is 1.16 bits per heavy atom. The summed E-state index contributed by atoms with van der Waals surface area (Å²) in [4.78, 5) is 19.7. The number of ether oxygens (including phenoxy) is 1. The molecular weight excluding hydrogens is 410 g/mol. The Kier molecular flexibility index (Phi) is 6.44. The van der Waals surface area contributed by atoms with Crippen LogP contribution in [0.4, 0.5) is 10.5 Å². The second kappa shape index (κ2) is 9.25. The van der Waals surface area contributed by atoms with Gasteiger partial charge in [0.1, 0.15) is 5.15 Å². The minimum atomic E-state index is -0.159. The minimum Gasteiger partial charge on any atom is -0.376 e. The number of amides is 2. The third-order valence-electron chi connectivity index (χ3n) is 5.88. The minimum absolute atomic E-state index is 0.0400. The number of pyridine rings is 1. The number of benzene rings is 2. The molecule has 0 saturated carbocycles. The third kappa shape index (κ3) is 4.83. The summed E-state index contributed by atoms with van der Waals surface area (Å²) in [5, 5.41) is 4.56. The number of nitrogens with one attached hydrogen (secondary N) is 1. The van der Waals surface area contributed by atoms with Crippen molar-refractivity contribution >= 4 is 34.2 Å². The molecule has 1 saturated heterocycles. The predicted octanol–water partition coefficient (Wildman–Crippen LogP) is 6.03. The normalized spacial score (nSPS) is 15.9. The summed E-state index contributed by atoms with van der Waals surface area (Å²) in [6.45, 7) is 7.64. The molecular formula is C25H28ClN3O2. The van der Waals surface area contributed by atoms with Crippen molar-refractivity contribution in [1.82, 2.24) is 9.88 Å². The van der Waals surface area contributed by atoms with Crippen LogP contribution in [-0.2, 0) is 11.3 Å². The van der Waals surface area contributed by atoms with Crippen LogP contribution in [0.25, 0.3) is 10.9 Å². The first kappa shape index (κ1) is 21.6. The fraction of sp³-hybridized carbons (Fsp3) is 0.360. The van der Waals surface area contributed by atoms with Gasteiger partial charge in [0.15, 0.2) is 0 Å². The van der Waals surface area contributed by atoms with Crippen molar-refractivity contribution in [2.45, 2.75) is 46.3 Å². The summed E-state index contributed by atoms with van der Waals surface area (Å²) in [6, 6.07) is 13.9. The summed E-state index contributed by atoms with van der Waals surface area (Å²) >= 11 is 6.55. The van der Waals surface area contributed by atoms with Gasteiger partial charge in [-0.1, -0.05) is 48.0 Å². The van der Waals surface area contributed by atoms with E-state index in [0.717, 1.165) is 58.3 Å². The number of hydrogen-bond donors (Lipinski definition) is 1.